The van der Waals surface area contributed by atoms with Crippen molar-refractivity contribution in [1.29, 1.82) is 0 Å². The van der Waals surface area contributed by atoms with Gasteiger partial charge in [-0.1, -0.05) is 60.7 Å². The topological polar surface area (TPSA) is 116 Å². The maximum absolute atomic E-state index is 13.2. The molecule has 5 aromatic carbocycles. The van der Waals surface area contributed by atoms with Crippen LogP contribution in [-0.4, -0.2) is 56.7 Å². The van der Waals surface area contributed by atoms with Crippen molar-refractivity contribution in [3.05, 3.63) is 103 Å². The van der Waals surface area contributed by atoms with E-state index in [0.717, 1.165) is 22.1 Å². The summed E-state index contributed by atoms with van der Waals surface area (Å²) in [6.45, 7) is -0.283. The summed E-state index contributed by atoms with van der Waals surface area (Å²) in [5, 5.41) is 13.4. The van der Waals surface area contributed by atoms with Gasteiger partial charge in [-0.15, -0.1) is 0 Å². The van der Waals surface area contributed by atoms with Crippen LogP contribution in [0.2, 0.25) is 0 Å². The molecule has 0 bridgehead atoms. The van der Waals surface area contributed by atoms with Gasteiger partial charge in [0.1, 0.15) is 10.6 Å². The van der Waals surface area contributed by atoms with Crippen molar-refractivity contribution in [2.75, 3.05) is 44.5 Å². The first kappa shape index (κ1) is 30.3. The van der Waals surface area contributed by atoms with E-state index in [1.54, 1.807) is 36.4 Å². The van der Waals surface area contributed by atoms with E-state index in [0.29, 0.717) is 16.3 Å². The second kappa shape index (κ2) is 11.8. The van der Waals surface area contributed by atoms with Gasteiger partial charge in [0.05, 0.1) is 11.0 Å². The maximum Gasteiger partial charge on any atom is 0.339 e. The quantitative estimate of drug-likeness (QED) is 0.212. The molecule has 9 nitrogen and oxygen atoms in total. The van der Waals surface area contributed by atoms with Gasteiger partial charge < -0.3 is 19.1 Å². The maximum atomic E-state index is 13.2. The molecule has 43 heavy (non-hydrogen) atoms. The average molecular weight is 620 g/mol. The summed E-state index contributed by atoms with van der Waals surface area (Å²) in [5.74, 6) is 0.0600. The Labute approximate surface area is 252 Å². The van der Waals surface area contributed by atoms with Crippen LogP contribution in [0.5, 0.6) is 5.75 Å². The molecule has 224 valence electrons. The number of hydrogen-bond acceptors (Lipinski definition) is 8. The minimum Gasteiger partial charge on any atom is -0.387 e. The fourth-order valence-corrected chi connectivity index (χ4v) is 7.47. The number of benzene rings is 5. The molecule has 0 saturated heterocycles. The van der Waals surface area contributed by atoms with Crippen LogP contribution in [0.3, 0.4) is 0 Å². The van der Waals surface area contributed by atoms with E-state index in [2.05, 4.69) is 4.72 Å². The lowest BCUT2D eigenvalue weighted by atomic mass is 10.1. The van der Waals surface area contributed by atoms with Gasteiger partial charge in [-0.3, -0.25) is 0 Å². The SMILES string of the molecule is CN(C)c1cccc2c(S(=O)(=O)NCC(O)c3ccc(OS(=O)(=O)c4cccc5c(N(C)C)cccc45)cc3)cccc12. The van der Waals surface area contributed by atoms with Crippen LogP contribution in [0, 0.1) is 0 Å². The minimum atomic E-state index is -4.18. The summed E-state index contributed by atoms with van der Waals surface area (Å²) >= 11 is 0. The predicted molar refractivity (Wildman–Crippen MR) is 171 cm³/mol. The Balaban J connectivity index is 1.31. The minimum absolute atomic E-state index is 0.0401. The van der Waals surface area contributed by atoms with Crippen molar-refractivity contribution in [3.8, 4) is 5.75 Å². The van der Waals surface area contributed by atoms with Crippen LogP contribution in [0.4, 0.5) is 11.4 Å². The monoisotopic (exact) mass is 619 g/mol. The fraction of sp³-hybridized carbons (Fsp3) is 0.188. The zero-order valence-electron chi connectivity index (χ0n) is 24.2. The molecule has 0 spiro atoms. The van der Waals surface area contributed by atoms with Gasteiger partial charge in [0.2, 0.25) is 10.0 Å². The van der Waals surface area contributed by atoms with Gasteiger partial charge in [0.15, 0.2) is 0 Å². The first-order chi connectivity index (χ1) is 20.4. The van der Waals surface area contributed by atoms with Crippen molar-refractivity contribution < 1.29 is 26.1 Å². The van der Waals surface area contributed by atoms with Crippen molar-refractivity contribution >= 4 is 53.1 Å². The van der Waals surface area contributed by atoms with Gasteiger partial charge in [0.25, 0.3) is 0 Å². The van der Waals surface area contributed by atoms with Crippen LogP contribution < -0.4 is 18.7 Å². The lowest BCUT2D eigenvalue weighted by Crippen LogP contribution is -2.28. The van der Waals surface area contributed by atoms with Crippen molar-refractivity contribution in [2.45, 2.75) is 15.9 Å². The second-order valence-corrected chi connectivity index (χ2v) is 13.8. The molecule has 0 aliphatic carbocycles. The molecule has 2 N–H and O–H groups in total. The third-order valence-corrected chi connectivity index (χ3v) is 9.97. The number of nitrogens with one attached hydrogen (secondary N) is 1. The summed E-state index contributed by atoms with van der Waals surface area (Å²) < 4.78 is 60.9. The zero-order chi connectivity index (χ0) is 30.9. The molecule has 1 atom stereocenters. The lowest BCUT2D eigenvalue weighted by Gasteiger charge is -2.18. The van der Waals surface area contributed by atoms with Gasteiger partial charge in [0, 0.05) is 67.7 Å². The van der Waals surface area contributed by atoms with Crippen molar-refractivity contribution in [3.63, 3.8) is 0 Å². The Bertz CT molecular complexity index is 2010. The number of aliphatic hydroxyl groups is 1. The highest BCUT2D eigenvalue weighted by Crippen LogP contribution is 2.33. The fourth-order valence-electron chi connectivity index (χ4n) is 5.06. The summed E-state index contributed by atoms with van der Waals surface area (Å²) in [6, 6.07) is 26.9. The average Bonchev–Trinajstić information content (AvgIpc) is 2.98. The standard InChI is InChI=1S/C32H33N3O6S2/c1-34(2)28-13-5-11-26-24(28)9-7-15-31(26)42(37,38)33-21-30(36)22-17-19-23(20-18-22)41-43(39,40)32-16-8-10-25-27(32)12-6-14-29(25)35(3)4/h5-20,30,33,36H,21H2,1-4H3. The normalized spacial score (nSPS) is 12.8. The Morgan fingerprint density at radius 2 is 1.12 bits per heavy atom. The van der Waals surface area contributed by atoms with Crippen LogP contribution >= 0.6 is 0 Å². The highest BCUT2D eigenvalue weighted by molar-refractivity contribution is 7.89. The molecule has 0 amide bonds. The first-order valence-electron chi connectivity index (χ1n) is 13.5. The van der Waals surface area contributed by atoms with Gasteiger partial charge in [-0.25, -0.2) is 13.1 Å². The Morgan fingerprint density at radius 1 is 0.651 bits per heavy atom. The molecule has 0 aliphatic rings. The molecular formula is C32H33N3O6S2. The van der Waals surface area contributed by atoms with Gasteiger partial charge in [-0.2, -0.15) is 8.42 Å². The highest BCUT2D eigenvalue weighted by Gasteiger charge is 2.23. The molecule has 5 rings (SSSR count). The summed E-state index contributed by atoms with van der Waals surface area (Å²) in [4.78, 5) is 3.98. The predicted octanol–water partition coefficient (Wildman–Crippen LogP) is 4.90. The number of nitrogens with zero attached hydrogens (tertiary/aromatic N) is 2. The smallest absolute Gasteiger partial charge is 0.339 e. The van der Waals surface area contributed by atoms with Crippen molar-refractivity contribution in [2.24, 2.45) is 0 Å². The van der Waals surface area contributed by atoms with Gasteiger partial charge in [-0.05, 0) is 42.0 Å². The van der Waals surface area contributed by atoms with E-state index in [4.69, 9.17) is 4.18 Å². The highest BCUT2D eigenvalue weighted by atomic mass is 32.2. The van der Waals surface area contributed by atoms with E-state index in [1.165, 1.54) is 36.4 Å². The third-order valence-electron chi connectivity index (χ3n) is 7.18. The Kier molecular flexibility index (Phi) is 8.35. The zero-order valence-corrected chi connectivity index (χ0v) is 25.9. The van der Waals surface area contributed by atoms with E-state index in [9.17, 15) is 21.9 Å². The molecule has 0 radical (unpaired) electrons. The molecule has 0 fully saturated rings. The number of anilines is 2. The number of hydrogen-bond donors (Lipinski definition) is 2. The Morgan fingerprint density at radius 3 is 1.65 bits per heavy atom. The molecule has 0 heterocycles. The molecule has 0 saturated carbocycles. The Hall–Kier alpha value is -4.16. The number of sulfonamides is 1. The van der Waals surface area contributed by atoms with Crippen LogP contribution in [0.15, 0.2) is 107 Å². The van der Waals surface area contributed by atoms with E-state index in [-0.39, 0.29) is 22.1 Å². The van der Waals surface area contributed by atoms with Crippen LogP contribution in [0.25, 0.3) is 21.5 Å². The first-order valence-corrected chi connectivity index (χ1v) is 16.4. The van der Waals surface area contributed by atoms with Crippen LogP contribution in [-0.2, 0) is 20.1 Å². The molecule has 1 unspecified atom stereocenters. The van der Waals surface area contributed by atoms with Crippen molar-refractivity contribution in [1.82, 2.24) is 4.72 Å². The van der Waals surface area contributed by atoms with Crippen LogP contribution in [0.1, 0.15) is 11.7 Å². The van der Waals surface area contributed by atoms with Gasteiger partial charge >= 0.3 is 10.1 Å². The summed E-state index contributed by atoms with van der Waals surface area (Å²) in [6.07, 6.45) is -1.18. The van der Waals surface area contributed by atoms with E-state index >= 15 is 0 Å². The molecular weight excluding hydrogens is 587 g/mol. The molecule has 11 heteroatoms. The summed E-state index contributed by atoms with van der Waals surface area (Å²) in [5.41, 5.74) is 2.15. The number of aliphatic hydroxyl groups excluding tert-OH is 1. The van der Waals surface area contributed by atoms with E-state index < -0.39 is 26.2 Å². The summed E-state index contributed by atoms with van der Waals surface area (Å²) in [7, 11) is -0.582. The molecule has 5 aromatic rings. The number of fused-ring (bicyclic) bond motifs is 2. The third kappa shape index (κ3) is 6.16. The lowest BCUT2D eigenvalue weighted by molar-refractivity contribution is 0.182. The molecule has 0 aromatic heterocycles. The largest absolute Gasteiger partial charge is 0.387 e. The second-order valence-electron chi connectivity index (χ2n) is 10.5. The number of rotatable bonds is 10. The van der Waals surface area contributed by atoms with E-state index in [1.807, 2.05) is 62.3 Å². The molecule has 0 aliphatic heterocycles.